The van der Waals surface area contributed by atoms with Crippen LogP contribution in [0.5, 0.6) is 0 Å². The standard InChI is InChI=1S/C19H33N5/c1-2-23-14-16-24(17-15-23)13-7-6-11-21-19(20)22-12-10-18-8-4-3-5-9-18/h3-5,8-9H,2,6-7,10-17H2,1H3,(H3,20,21,22). The quantitative estimate of drug-likeness (QED) is 0.409. The normalized spacial score (nSPS) is 17.1. The number of rotatable bonds is 9. The van der Waals surface area contributed by atoms with Crippen molar-refractivity contribution in [3.8, 4) is 0 Å². The molecule has 1 saturated heterocycles. The molecule has 0 atom stereocenters. The van der Waals surface area contributed by atoms with Crippen LogP contribution in [0.1, 0.15) is 25.3 Å². The summed E-state index contributed by atoms with van der Waals surface area (Å²) in [6.45, 7) is 11.1. The van der Waals surface area contributed by atoms with Gasteiger partial charge in [-0.05, 0) is 37.9 Å². The van der Waals surface area contributed by atoms with Crippen LogP contribution >= 0.6 is 0 Å². The Labute approximate surface area is 146 Å². The second kappa shape index (κ2) is 11.0. The van der Waals surface area contributed by atoms with Crippen molar-refractivity contribution in [2.45, 2.75) is 26.2 Å². The average Bonchev–Trinajstić information content (AvgIpc) is 2.63. The number of piperazine rings is 1. The van der Waals surface area contributed by atoms with E-state index < -0.39 is 0 Å². The van der Waals surface area contributed by atoms with Crippen LogP contribution < -0.4 is 11.1 Å². The summed E-state index contributed by atoms with van der Waals surface area (Å²) < 4.78 is 0. The molecule has 0 radical (unpaired) electrons. The van der Waals surface area contributed by atoms with E-state index in [1.165, 1.54) is 51.3 Å². The summed E-state index contributed by atoms with van der Waals surface area (Å²) in [6, 6.07) is 10.4. The van der Waals surface area contributed by atoms with Gasteiger partial charge in [0.25, 0.3) is 0 Å². The first-order valence-corrected chi connectivity index (χ1v) is 9.30. The minimum Gasteiger partial charge on any atom is -0.370 e. The lowest BCUT2D eigenvalue weighted by molar-refractivity contribution is 0.136. The molecule has 1 heterocycles. The number of nitrogens with two attached hydrogens (primary N) is 1. The van der Waals surface area contributed by atoms with Gasteiger partial charge in [-0.25, -0.2) is 0 Å². The maximum absolute atomic E-state index is 5.92. The topological polar surface area (TPSA) is 56.9 Å². The Balaban J connectivity index is 1.49. The van der Waals surface area contributed by atoms with Crippen molar-refractivity contribution in [1.29, 1.82) is 0 Å². The molecule has 1 aromatic carbocycles. The molecule has 2 rings (SSSR count). The zero-order chi connectivity index (χ0) is 17.0. The van der Waals surface area contributed by atoms with Gasteiger partial charge in [0.1, 0.15) is 0 Å². The molecule has 0 bridgehead atoms. The van der Waals surface area contributed by atoms with Gasteiger partial charge >= 0.3 is 0 Å². The number of aliphatic imine (C=N–C) groups is 1. The fourth-order valence-electron chi connectivity index (χ4n) is 3.01. The highest BCUT2D eigenvalue weighted by Crippen LogP contribution is 2.03. The van der Waals surface area contributed by atoms with E-state index in [-0.39, 0.29) is 0 Å². The maximum Gasteiger partial charge on any atom is 0.188 e. The third-order valence-electron chi connectivity index (χ3n) is 4.64. The van der Waals surface area contributed by atoms with Gasteiger partial charge < -0.3 is 20.9 Å². The number of guanidine groups is 1. The number of nitrogens with one attached hydrogen (secondary N) is 1. The molecule has 1 aliphatic rings. The van der Waals surface area contributed by atoms with Gasteiger partial charge in [-0.15, -0.1) is 0 Å². The smallest absolute Gasteiger partial charge is 0.188 e. The molecule has 0 saturated carbocycles. The van der Waals surface area contributed by atoms with Gasteiger partial charge in [-0.2, -0.15) is 0 Å². The van der Waals surface area contributed by atoms with Crippen molar-refractivity contribution in [2.24, 2.45) is 10.7 Å². The van der Waals surface area contributed by atoms with Crippen LogP contribution in [0.25, 0.3) is 0 Å². The van der Waals surface area contributed by atoms with Gasteiger partial charge in [0.15, 0.2) is 5.96 Å². The van der Waals surface area contributed by atoms with Crippen LogP contribution in [-0.2, 0) is 6.42 Å². The fourth-order valence-corrected chi connectivity index (χ4v) is 3.01. The van der Waals surface area contributed by atoms with E-state index in [2.05, 4.69) is 51.3 Å². The molecule has 5 nitrogen and oxygen atoms in total. The van der Waals surface area contributed by atoms with Crippen molar-refractivity contribution in [2.75, 3.05) is 52.4 Å². The molecule has 3 N–H and O–H groups in total. The molecule has 0 spiro atoms. The minimum atomic E-state index is 0.572. The molecular weight excluding hydrogens is 298 g/mol. The van der Waals surface area contributed by atoms with Crippen LogP contribution in [0.3, 0.4) is 0 Å². The third kappa shape index (κ3) is 7.32. The zero-order valence-electron chi connectivity index (χ0n) is 15.1. The lowest BCUT2D eigenvalue weighted by atomic mass is 10.1. The second-order valence-corrected chi connectivity index (χ2v) is 6.41. The van der Waals surface area contributed by atoms with E-state index >= 15 is 0 Å². The zero-order valence-corrected chi connectivity index (χ0v) is 15.1. The Bertz CT molecular complexity index is 466. The van der Waals surface area contributed by atoms with Gasteiger partial charge in [-0.3, -0.25) is 4.99 Å². The monoisotopic (exact) mass is 331 g/mol. The maximum atomic E-state index is 5.92. The Morgan fingerprint density at radius 3 is 2.50 bits per heavy atom. The van der Waals surface area contributed by atoms with E-state index in [1.807, 2.05) is 6.07 Å². The summed E-state index contributed by atoms with van der Waals surface area (Å²) in [6.07, 6.45) is 3.28. The van der Waals surface area contributed by atoms with Gasteiger partial charge in [0.2, 0.25) is 0 Å². The molecular formula is C19H33N5. The number of nitrogens with zero attached hydrogens (tertiary/aromatic N) is 3. The van der Waals surface area contributed by atoms with Crippen LogP contribution in [0.4, 0.5) is 0 Å². The summed E-state index contributed by atoms with van der Waals surface area (Å²) >= 11 is 0. The van der Waals surface area contributed by atoms with Crippen molar-refractivity contribution in [1.82, 2.24) is 15.1 Å². The lowest BCUT2D eigenvalue weighted by Gasteiger charge is -2.33. The number of hydrogen-bond acceptors (Lipinski definition) is 3. The van der Waals surface area contributed by atoms with E-state index in [1.54, 1.807) is 0 Å². The summed E-state index contributed by atoms with van der Waals surface area (Å²) in [5.41, 5.74) is 7.24. The van der Waals surface area contributed by atoms with E-state index in [9.17, 15) is 0 Å². The van der Waals surface area contributed by atoms with Crippen LogP contribution in [0, 0.1) is 0 Å². The van der Waals surface area contributed by atoms with E-state index in [0.717, 1.165) is 25.9 Å². The summed E-state index contributed by atoms with van der Waals surface area (Å²) in [5.74, 6) is 0.572. The Hall–Kier alpha value is -1.59. The van der Waals surface area contributed by atoms with Gasteiger partial charge in [-0.1, -0.05) is 37.3 Å². The number of benzene rings is 1. The predicted molar refractivity (Wildman–Crippen MR) is 102 cm³/mol. The lowest BCUT2D eigenvalue weighted by Crippen LogP contribution is -2.46. The Morgan fingerprint density at radius 2 is 1.79 bits per heavy atom. The van der Waals surface area contributed by atoms with Crippen LogP contribution in [0.2, 0.25) is 0 Å². The Morgan fingerprint density at radius 1 is 1.08 bits per heavy atom. The van der Waals surface area contributed by atoms with E-state index in [0.29, 0.717) is 5.96 Å². The molecule has 0 amide bonds. The molecule has 1 aliphatic heterocycles. The van der Waals surface area contributed by atoms with Crippen LogP contribution in [-0.4, -0.2) is 68.1 Å². The van der Waals surface area contributed by atoms with Crippen molar-refractivity contribution in [3.63, 3.8) is 0 Å². The fraction of sp³-hybridized carbons (Fsp3) is 0.632. The molecule has 5 heteroatoms. The first-order chi connectivity index (χ1) is 11.8. The molecule has 1 aromatic rings. The highest BCUT2D eigenvalue weighted by atomic mass is 15.3. The number of unbranched alkanes of at least 4 members (excludes halogenated alkanes) is 1. The van der Waals surface area contributed by atoms with Crippen molar-refractivity contribution >= 4 is 5.96 Å². The summed E-state index contributed by atoms with van der Waals surface area (Å²) in [5, 5.41) is 3.19. The van der Waals surface area contributed by atoms with Crippen molar-refractivity contribution < 1.29 is 0 Å². The van der Waals surface area contributed by atoms with Crippen molar-refractivity contribution in [3.05, 3.63) is 35.9 Å². The first kappa shape index (κ1) is 18.7. The van der Waals surface area contributed by atoms with Gasteiger partial charge in [0.05, 0.1) is 0 Å². The second-order valence-electron chi connectivity index (χ2n) is 6.41. The minimum absolute atomic E-state index is 0.572. The SMILES string of the molecule is CCN1CCN(CCCCN=C(N)NCCc2ccccc2)CC1. The highest BCUT2D eigenvalue weighted by molar-refractivity contribution is 5.77. The van der Waals surface area contributed by atoms with E-state index in [4.69, 9.17) is 5.73 Å². The average molecular weight is 332 g/mol. The predicted octanol–water partition coefficient (Wildman–Crippen LogP) is 1.55. The van der Waals surface area contributed by atoms with Crippen LogP contribution in [0.15, 0.2) is 35.3 Å². The largest absolute Gasteiger partial charge is 0.370 e. The first-order valence-electron chi connectivity index (χ1n) is 9.30. The highest BCUT2D eigenvalue weighted by Gasteiger charge is 2.14. The third-order valence-corrected chi connectivity index (χ3v) is 4.64. The summed E-state index contributed by atoms with van der Waals surface area (Å²) in [7, 11) is 0. The molecule has 134 valence electrons. The Kier molecular flexibility index (Phi) is 8.63. The molecule has 1 fully saturated rings. The number of likely N-dealkylation sites (N-methyl/N-ethyl adjacent to an activating group) is 1. The summed E-state index contributed by atoms with van der Waals surface area (Å²) in [4.78, 5) is 9.50. The molecule has 0 aliphatic carbocycles. The molecule has 0 unspecified atom stereocenters. The van der Waals surface area contributed by atoms with Gasteiger partial charge in [0, 0.05) is 39.3 Å². The molecule has 0 aromatic heterocycles. The molecule has 24 heavy (non-hydrogen) atoms. The number of hydrogen-bond donors (Lipinski definition) is 2.